The molecule has 0 bridgehead atoms. The van der Waals surface area contributed by atoms with Gasteiger partial charge in [-0.05, 0) is 20.8 Å². The minimum Gasteiger partial charge on any atom is -0.333 e. The van der Waals surface area contributed by atoms with E-state index >= 15 is 0 Å². The van der Waals surface area contributed by atoms with E-state index in [1.54, 1.807) is 17.8 Å². The Morgan fingerprint density at radius 3 is 2.73 bits per heavy atom. The Bertz CT molecular complexity index is 241. The average molecular weight is 228 g/mol. The summed E-state index contributed by atoms with van der Waals surface area (Å²) in [4.78, 5) is 14.1. The SMILES string of the molecule is C=CCN(C(=O)C1CSCN1)C(C)(C)C. The van der Waals surface area contributed by atoms with Crippen LogP contribution < -0.4 is 5.32 Å². The number of nitrogens with zero attached hydrogens (tertiary/aromatic N) is 1. The second-order valence-corrected chi connectivity index (χ2v) is 5.71. The highest BCUT2D eigenvalue weighted by Crippen LogP contribution is 2.18. The normalized spacial score (nSPS) is 21.4. The van der Waals surface area contributed by atoms with Gasteiger partial charge in [-0.3, -0.25) is 10.1 Å². The van der Waals surface area contributed by atoms with Crippen LogP contribution in [-0.2, 0) is 4.79 Å². The first-order chi connectivity index (χ1) is 6.96. The lowest BCUT2D eigenvalue weighted by molar-refractivity contribution is -0.136. The maximum Gasteiger partial charge on any atom is 0.241 e. The van der Waals surface area contributed by atoms with Gasteiger partial charge in [0, 0.05) is 23.7 Å². The molecule has 4 heteroatoms. The van der Waals surface area contributed by atoms with Crippen LogP contribution in [0.25, 0.3) is 0 Å². The highest BCUT2D eigenvalue weighted by Gasteiger charge is 2.32. The number of hydrogen-bond acceptors (Lipinski definition) is 3. The maximum atomic E-state index is 12.2. The fourth-order valence-corrected chi connectivity index (χ4v) is 2.50. The molecule has 1 aliphatic rings. The number of carbonyl (C=O) groups excluding carboxylic acids is 1. The number of carbonyl (C=O) groups is 1. The Hall–Kier alpha value is -0.480. The van der Waals surface area contributed by atoms with Crippen LogP contribution >= 0.6 is 11.8 Å². The van der Waals surface area contributed by atoms with Crippen molar-refractivity contribution >= 4 is 17.7 Å². The zero-order chi connectivity index (χ0) is 11.5. The Balaban J connectivity index is 2.70. The predicted molar refractivity (Wildman–Crippen MR) is 65.9 cm³/mol. The number of hydrogen-bond donors (Lipinski definition) is 1. The molecule has 0 radical (unpaired) electrons. The van der Waals surface area contributed by atoms with Crippen molar-refractivity contribution in [2.45, 2.75) is 32.4 Å². The Morgan fingerprint density at radius 1 is 1.67 bits per heavy atom. The number of nitrogens with one attached hydrogen (secondary N) is 1. The average Bonchev–Trinajstić information content (AvgIpc) is 2.63. The summed E-state index contributed by atoms with van der Waals surface area (Å²) in [7, 11) is 0. The molecule has 1 fully saturated rings. The van der Waals surface area contributed by atoms with Crippen molar-refractivity contribution in [1.29, 1.82) is 0 Å². The lowest BCUT2D eigenvalue weighted by Gasteiger charge is -2.36. The Kier molecular flexibility index (Phi) is 4.22. The van der Waals surface area contributed by atoms with Crippen molar-refractivity contribution < 1.29 is 4.79 Å². The molecule has 1 aliphatic heterocycles. The van der Waals surface area contributed by atoms with Crippen LogP contribution in [0.1, 0.15) is 20.8 Å². The van der Waals surface area contributed by atoms with Crippen LogP contribution in [0.2, 0.25) is 0 Å². The molecule has 0 aromatic heterocycles. The molecular weight excluding hydrogens is 208 g/mol. The molecule has 1 atom stereocenters. The third kappa shape index (κ3) is 3.24. The van der Waals surface area contributed by atoms with E-state index in [0.29, 0.717) is 6.54 Å². The summed E-state index contributed by atoms with van der Waals surface area (Å²) in [5, 5.41) is 3.20. The standard InChI is InChI=1S/C11H20N2OS/c1-5-6-13(11(2,3)4)10(14)9-7-15-8-12-9/h5,9,12H,1,6-8H2,2-4H3. The van der Waals surface area contributed by atoms with Crippen LogP contribution in [0, 0.1) is 0 Å². The highest BCUT2D eigenvalue weighted by molar-refractivity contribution is 7.99. The molecule has 1 N–H and O–H groups in total. The van der Waals surface area contributed by atoms with Gasteiger partial charge in [0.1, 0.15) is 0 Å². The molecule has 1 amide bonds. The summed E-state index contributed by atoms with van der Waals surface area (Å²) >= 11 is 1.77. The summed E-state index contributed by atoms with van der Waals surface area (Å²) in [5.74, 6) is 1.94. The minimum atomic E-state index is -0.139. The van der Waals surface area contributed by atoms with Gasteiger partial charge >= 0.3 is 0 Å². The summed E-state index contributed by atoms with van der Waals surface area (Å²) in [6, 6.07) is -0.0193. The van der Waals surface area contributed by atoms with Crippen LogP contribution in [-0.4, -0.2) is 40.6 Å². The summed E-state index contributed by atoms with van der Waals surface area (Å²) in [6.45, 7) is 10.5. The second kappa shape index (κ2) is 5.03. The zero-order valence-corrected chi connectivity index (χ0v) is 10.6. The van der Waals surface area contributed by atoms with Gasteiger partial charge < -0.3 is 4.90 Å². The van der Waals surface area contributed by atoms with E-state index in [4.69, 9.17) is 0 Å². The molecule has 1 rings (SSSR count). The van der Waals surface area contributed by atoms with Crippen LogP contribution in [0.4, 0.5) is 0 Å². The van der Waals surface area contributed by atoms with Crippen LogP contribution in [0.15, 0.2) is 12.7 Å². The summed E-state index contributed by atoms with van der Waals surface area (Å²) in [5.41, 5.74) is -0.139. The summed E-state index contributed by atoms with van der Waals surface area (Å²) < 4.78 is 0. The fraction of sp³-hybridized carbons (Fsp3) is 0.727. The zero-order valence-electron chi connectivity index (χ0n) is 9.75. The lowest BCUT2D eigenvalue weighted by Crippen LogP contribution is -2.52. The van der Waals surface area contributed by atoms with Crippen molar-refractivity contribution in [3.05, 3.63) is 12.7 Å². The monoisotopic (exact) mass is 228 g/mol. The Labute approximate surface area is 96.3 Å². The van der Waals surface area contributed by atoms with Crippen molar-refractivity contribution in [2.75, 3.05) is 18.2 Å². The largest absolute Gasteiger partial charge is 0.333 e. The molecule has 0 aromatic carbocycles. The van der Waals surface area contributed by atoms with Gasteiger partial charge in [-0.2, -0.15) is 0 Å². The van der Waals surface area contributed by atoms with E-state index in [-0.39, 0.29) is 17.5 Å². The van der Waals surface area contributed by atoms with Gasteiger partial charge in [0.25, 0.3) is 0 Å². The Morgan fingerprint density at radius 2 is 2.33 bits per heavy atom. The van der Waals surface area contributed by atoms with Gasteiger partial charge in [-0.1, -0.05) is 6.08 Å². The predicted octanol–water partition coefficient (Wildman–Crippen LogP) is 1.46. The second-order valence-electron chi connectivity index (χ2n) is 4.68. The molecule has 1 unspecified atom stereocenters. The molecular formula is C11H20N2OS. The lowest BCUT2D eigenvalue weighted by atomic mass is 10.0. The minimum absolute atomic E-state index is 0.0193. The quantitative estimate of drug-likeness (QED) is 0.742. The molecule has 1 heterocycles. The number of rotatable bonds is 3. The highest BCUT2D eigenvalue weighted by atomic mass is 32.2. The van der Waals surface area contributed by atoms with Crippen LogP contribution in [0.5, 0.6) is 0 Å². The van der Waals surface area contributed by atoms with Gasteiger partial charge in [0.2, 0.25) is 5.91 Å². The number of amides is 1. The fourth-order valence-electron chi connectivity index (χ4n) is 1.57. The van der Waals surface area contributed by atoms with Crippen molar-refractivity contribution in [1.82, 2.24) is 10.2 Å². The van der Waals surface area contributed by atoms with E-state index < -0.39 is 0 Å². The first-order valence-electron chi connectivity index (χ1n) is 5.20. The topological polar surface area (TPSA) is 32.3 Å². The maximum absolute atomic E-state index is 12.2. The first kappa shape index (κ1) is 12.6. The molecule has 1 saturated heterocycles. The third-order valence-electron chi connectivity index (χ3n) is 2.40. The smallest absolute Gasteiger partial charge is 0.241 e. The van der Waals surface area contributed by atoms with Crippen LogP contribution in [0.3, 0.4) is 0 Å². The molecule has 15 heavy (non-hydrogen) atoms. The van der Waals surface area contributed by atoms with E-state index in [0.717, 1.165) is 11.6 Å². The number of thioether (sulfide) groups is 1. The van der Waals surface area contributed by atoms with E-state index in [9.17, 15) is 4.79 Å². The van der Waals surface area contributed by atoms with Gasteiger partial charge in [0.05, 0.1) is 6.04 Å². The van der Waals surface area contributed by atoms with Crippen molar-refractivity contribution in [3.63, 3.8) is 0 Å². The molecule has 86 valence electrons. The third-order valence-corrected chi connectivity index (χ3v) is 3.34. The first-order valence-corrected chi connectivity index (χ1v) is 6.36. The van der Waals surface area contributed by atoms with Crippen molar-refractivity contribution in [2.24, 2.45) is 0 Å². The van der Waals surface area contributed by atoms with E-state index in [2.05, 4.69) is 32.7 Å². The molecule has 0 saturated carbocycles. The van der Waals surface area contributed by atoms with Gasteiger partial charge in [-0.25, -0.2) is 0 Å². The molecule has 0 aliphatic carbocycles. The molecule has 0 aromatic rings. The van der Waals surface area contributed by atoms with Gasteiger partial charge in [0.15, 0.2) is 0 Å². The van der Waals surface area contributed by atoms with E-state index in [1.165, 1.54) is 0 Å². The van der Waals surface area contributed by atoms with Crippen molar-refractivity contribution in [3.8, 4) is 0 Å². The summed E-state index contributed by atoms with van der Waals surface area (Å²) in [6.07, 6.45) is 1.78. The van der Waals surface area contributed by atoms with Gasteiger partial charge in [-0.15, -0.1) is 18.3 Å². The molecule has 3 nitrogen and oxygen atoms in total. The van der Waals surface area contributed by atoms with E-state index in [1.807, 2.05) is 4.90 Å². The molecule has 0 spiro atoms.